The summed E-state index contributed by atoms with van der Waals surface area (Å²) in [6.07, 6.45) is -1.51. The van der Waals surface area contributed by atoms with Crippen molar-refractivity contribution >= 4 is 6.01 Å². The maximum Gasteiger partial charge on any atom is 0.416 e. The highest BCUT2D eigenvalue weighted by molar-refractivity contribution is 5.38. The first-order chi connectivity index (χ1) is 16.6. The molecule has 1 aliphatic heterocycles. The third-order valence-corrected chi connectivity index (χ3v) is 7.09. The van der Waals surface area contributed by atoms with Crippen LogP contribution in [0.3, 0.4) is 0 Å². The van der Waals surface area contributed by atoms with Gasteiger partial charge in [0.2, 0.25) is 5.89 Å². The Balaban J connectivity index is 1.34. The summed E-state index contributed by atoms with van der Waals surface area (Å²) in [5.74, 6) is 2.64. The van der Waals surface area contributed by atoms with Crippen molar-refractivity contribution in [2.75, 3.05) is 18.0 Å². The van der Waals surface area contributed by atoms with Gasteiger partial charge in [0.25, 0.3) is 0 Å². The number of hydrogen-bond donors (Lipinski definition) is 0. The third kappa shape index (κ3) is 4.72. The van der Waals surface area contributed by atoms with Gasteiger partial charge in [-0.3, -0.25) is 0 Å². The van der Waals surface area contributed by atoms with Gasteiger partial charge in [-0.1, -0.05) is 11.2 Å². The first-order valence-corrected chi connectivity index (χ1v) is 11.9. The van der Waals surface area contributed by atoms with Crippen LogP contribution < -0.4 is 9.64 Å². The van der Waals surface area contributed by atoms with Crippen molar-refractivity contribution in [3.8, 4) is 11.8 Å². The van der Waals surface area contributed by atoms with E-state index in [1.165, 1.54) is 19.1 Å². The minimum absolute atomic E-state index is 0.0573. The molecule has 2 aliphatic rings. The number of piperidine rings is 1. The number of anilines is 1. The molecule has 3 heterocycles. The largest absolute Gasteiger partial charge is 0.424 e. The number of ether oxygens (including phenoxy) is 1. The third-order valence-electron chi connectivity index (χ3n) is 7.09. The van der Waals surface area contributed by atoms with Gasteiger partial charge in [0, 0.05) is 26.4 Å². The predicted molar refractivity (Wildman–Crippen MR) is 121 cm³/mol. The van der Waals surface area contributed by atoms with Crippen molar-refractivity contribution in [2.45, 2.75) is 59.2 Å². The van der Waals surface area contributed by atoms with Gasteiger partial charge in [0.1, 0.15) is 5.75 Å². The fourth-order valence-corrected chi connectivity index (χ4v) is 5.37. The Morgan fingerprint density at radius 2 is 1.83 bits per heavy atom. The molecule has 1 aliphatic carbocycles. The zero-order valence-corrected chi connectivity index (χ0v) is 20.2. The number of aromatic nitrogens is 5. The van der Waals surface area contributed by atoms with Crippen LogP contribution in [0.25, 0.3) is 0 Å². The van der Waals surface area contributed by atoms with Crippen LogP contribution in [-0.4, -0.2) is 38.1 Å². The Morgan fingerprint density at radius 1 is 1.11 bits per heavy atom. The number of rotatable bonds is 6. The van der Waals surface area contributed by atoms with Crippen LogP contribution in [0, 0.1) is 31.6 Å². The number of hydrogen-bond acceptors (Lipinski definition) is 7. The molecule has 0 N–H and O–H groups in total. The van der Waals surface area contributed by atoms with Crippen LogP contribution in [-0.2, 0) is 12.6 Å². The smallest absolute Gasteiger partial charge is 0.416 e. The topological polar surface area (TPSA) is 82.1 Å². The molecular weight excluding hydrogens is 461 g/mol. The lowest BCUT2D eigenvalue weighted by atomic mass is 9.82. The molecule has 1 aromatic carbocycles. The molecule has 1 unspecified atom stereocenters. The molecule has 2 bridgehead atoms. The summed E-state index contributed by atoms with van der Waals surface area (Å²) in [5, 5.41) is 12.8. The molecular formula is C24H29F3N6O2. The quantitative estimate of drug-likeness (QED) is 0.459. The minimum Gasteiger partial charge on any atom is -0.424 e. The first kappa shape index (κ1) is 23.6. The summed E-state index contributed by atoms with van der Waals surface area (Å²) in [6, 6.07) is 4.68. The summed E-state index contributed by atoms with van der Waals surface area (Å²) in [7, 11) is 0. The standard InChI is InChI=1S/C24H29F3N6O2/c1-13(2)33-22(35-18-8-5-14(3)20(9-18)24(25,26)27)28-21(31-33)10-19-16-6-7-17(19)12-32(11-16)23-30-29-15(4)34-23/h5,8-9,13,16-17,19H,6-7,10-12H2,1-4H3/t16-,17+,19?. The van der Waals surface area contributed by atoms with Gasteiger partial charge in [0.15, 0.2) is 5.82 Å². The Bertz CT molecular complexity index is 1190. The zero-order chi connectivity index (χ0) is 24.9. The summed E-state index contributed by atoms with van der Waals surface area (Å²) in [5.41, 5.74) is -0.570. The van der Waals surface area contributed by atoms with Gasteiger partial charge in [-0.2, -0.15) is 23.3 Å². The van der Waals surface area contributed by atoms with E-state index in [1.807, 2.05) is 13.8 Å². The highest BCUT2D eigenvalue weighted by Gasteiger charge is 2.43. The summed E-state index contributed by atoms with van der Waals surface area (Å²) in [6.45, 7) is 8.79. The maximum atomic E-state index is 13.4. The summed E-state index contributed by atoms with van der Waals surface area (Å²) in [4.78, 5) is 6.78. The van der Waals surface area contributed by atoms with E-state index in [9.17, 15) is 13.2 Å². The number of alkyl halides is 3. The van der Waals surface area contributed by atoms with Gasteiger partial charge < -0.3 is 14.1 Å². The van der Waals surface area contributed by atoms with Gasteiger partial charge in [-0.25, -0.2) is 4.68 Å². The van der Waals surface area contributed by atoms with Crippen LogP contribution in [0.4, 0.5) is 19.2 Å². The minimum atomic E-state index is -4.45. The molecule has 5 rings (SSSR count). The number of nitrogens with zero attached hydrogens (tertiary/aromatic N) is 6. The van der Waals surface area contributed by atoms with Crippen LogP contribution in [0.15, 0.2) is 22.6 Å². The molecule has 0 spiro atoms. The second-order valence-corrected chi connectivity index (χ2v) is 9.90. The lowest BCUT2D eigenvalue weighted by molar-refractivity contribution is -0.138. The maximum absolute atomic E-state index is 13.4. The summed E-state index contributed by atoms with van der Waals surface area (Å²) >= 11 is 0. The molecule has 35 heavy (non-hydrogen) atoms. The van der Waals surface area contributed by atoms with E-state index in [2.05, 4.69) is 25.2 Å². The predicted octanol–water partition coefficient (Wildman–Crippen LogP) is 5.38. The van der Waals surface area contributed by atoms with E-state index in [0.717, 1.165) is 32.0 Å². The Hall–Kier alpha value is -3.11. The van der Waals surface area contributed by atoms with E-state index >= 15 is 0 Å². The number of halogens is 3. The molecule has 188 valence electrons. The molecule has 2 aromatic heterocycles. The van der Waals surface area contributed by atoms with Crippen molar-refractivity contribution in [1.82, 2.24) is 25.0 Å². The summed E-state index contributed by atoms with van der Waals surface area (Å²) < 4.78 is 53.2. The van der Waals surface area contributed by atoms with Gasteiger partial charge in [-0.15, -0.1) is 5.10 Å². The number of fused-ring (bicyclic) bond motifs is 2. The second kappa shape index (κ2) is 8.83. The fourth-order valence-electron chi connectivity index (χ4n) is 5.37. The van der Waals surface area contributed by atoms with Crippen molar-refractivity contribution in [3.63, 3.8) is 0 Å². The SMILES string of the molecule is Cc1nnc(N2C[C@H]3CC[C@@H](C2)C3Cc2nc(Oc3ccc(C)c(C(F)(F)F)c3)n(C(C)C)n2)o1. The van der Waals surface area contributed by atoms with Gasteiger partial charge >= 0.3 is 18.2 Å². The highest BCUT2D eigenvalue weighted by atomic mass is 19.4. The Labute approximate surface area is 201 Å². The van der Waals surface area contributed by atoms with Crippen molar-refractivity contribution in [3.05, 3.63) is 41.0 Å². The molecule has 1 saturated carbocycles. The molecule has 11 heteroatoms. The van der Waals surface area contributed by atoms with Crippen molar-refractivity contribution in [2.24, 2.45) is 17.8 Å². The normalized spacial score (nSPS) is 22.3. The van der Waals surface area contributed by atoms with Crippen LogP contribution in [0.2, 0.25) is 0 Å². The van der Waals surface area contributed by atoms with Crippen LogP contribution >= 0.6 is 0 Å². The van der Waals surface area contributed by atoms with Gasteiger partial charge in [-0.05, 0) is 69.1 Å². The Kier molecular flexibility index (Phi) is 5.96. The molecule has 3 aromatic rings. The van der Waals surface area contributed by atoms with Crippen LogP contribution in [0.5, 0.6) is 11.8 Å². The van der Waals surface area contributed by atoms with Gasteiger partial charge in [0.05, 0.1) is 11.6 Å². The average Bonchev–Trinajstić information content (AvgIpc) is 3.45. The average molecular weight is 491 g/mol. The number of benzene rings is 1. The van der Waals surface area contributed by atoms with E-state index in [0.29, 0.717) is 41.9 Å². The molecule has 3 atom stereocenters. The highest BCUT2D eigenvalue weighted by Crippen LogP contribution is 2.44. The van der Waals surface area contributed by atoms with Crippen molar-refractivity contribution in [1.29, 1.82) is 0 Å². The molecule has 0 amide bonds. The molecule has 8 nitrogen and oxygen atoms in total. The lowest BCUT2D eigenvalue weighted by Gasteiger charge is -2.36. The lowest BCUT2D eigenvalue weighted by Crippen LogP contribution is -2.43. The van der Waals surface area contributed by atoms with E-state index in [4.69, 9.17) is 9.15 Å². The van der Waals surface area contributed by atoms with Crippen molar-refractivity contribution < 1.29 is 22.3 Å². The Morgan fingerprint density at radius 3 is 2.43 bits per heavy atom. The van der Waals surface area contributed by atoms with E-state index in [-0.39, 0.29) is 23.4 Å². The van der Waals surface area contributed by atoms with Crippen LogP contribution in [0.1, 0.15) is 55.6 Å². The zero-order valence-electron chi connectivity index (χ0n) is 20.2. The molecule has 2 fully saturated rings. The number of aryl methyl sites for hydroxylation is 2. The molecule has 1 saturated heterocycles. The second-order valence-electron chi connectivity index (χ2n) is 9.90. The monoisotopic (exact) mass is 490 g/mol. The fraction of sp³-hybridized carbons (Fsp3) is 0.583. The van der Waals surface area contributed by atoms with E-state index in [1.54, 1.807) is 11.6 Å². The first-order valence-electron chi connectivity index (χ1n) is 11.9. The van der Waals surface area contributed by atoms with E-state index < -0.39 is 11.7 Å². The molecule has 0 radical (unpaired) electrons.